The molecule has 0 fully saturated rings. The number of benzene rings is 1. The van der Waals surface area contributed by atoms with E-state index in [1.54, 1.807) is 4.68 Å². The maximum absolute atomic E-state index is 5.95. The zero-order valence-electron chi connectivity index (χ0n) is 9.61. The van der Waals surface area contributed by atoms with Gasteiger partial charge in [0.2, 0.25) is 0 Å². The van der Waals surface area contributed by atoms with Crippen LogP contribution < -0.4 is 0 Å². The molecule has 84 valence electrons. The summed E-state index contributed by atoms with van der Waals surface area (Å²) in [6.45, 7) is 6.02. The number of hydrogen-bond donors (Lipinski definition) is 0. The minimum atomic E-state index is -0.111. The van der Waals surface area contributed by atoms with E-state index < -0.39 is 0 Å². The molecule has 0 radical (unpaired) electrons. The van der Waals surface area contributed by atoms with Crippen molar-refractivity contribution in [2.75, 3.05) is 0 Å². The van der Waals surface area contributed by atoms with Gasteiger partial charge in [0.25, 0.3) is 0 Å². The van der Waals surface area contributed by atoms with Crippen LogP contribution in [0.4, 0.5) is 0 Å². The summed E-state index contributed by atoms with van der Waals surface area (Å²) < 4.78 is 1.76. The molecule has 16 heavy (non-hydrogen) atoms. The highest BCUT2D eigenvalue weighted by Gasteiger charge is 2.07. The summed E-state index contributed by atoms with van der Waals surface area (Å²) >= 11 is 5.95. The van der Waals surface area contributed by atoms with Crippen molar-refractivity contribution in [3.63, 3.8) is 0 Å². The van der Waals surface area contributed by atoms with Crippen LogP contribution in [0.1, 0.15) is 29.1 Å². The molecule has 2 rings (SSSR count). The van der Waals surface area contributed by atoms with Gasteiger partial charge in [-0.25, -0.2) is 4.68 Å². The molecule has 0 N–H and O–H groups in total. The van der Waals surface area contributed by atoms with E-state index in [4.69, 9.17) is 11.6 Å². The SMILES string of the molecule is Cc1cc(C)cc(-n2cc(C(C)Cl)nn2)c1. The normalized spacial score (nSPS) is 12.8. The van der Waals surface area contributed by atoms with Crippen LogP contribution in [0.3, 0.4) is 0 Å². The third-order valence-corrected chi connectivity index (χ3v) is 2.61. The summed E-state index contributed by atoms with van der Waals surface area (Å²) in [5.41, 5.74) is 4.24. The van der Waals surface area contributed by atoms with Gasteiger partial charge < -0.3 is 0 Å². The van der Waals surface area contributed by atoms with E-state index in [1.807, 2.05) is 13.1 Å². The molecule has 1 aromatic heterocycles. The van der Waals surface area contributed by atoms with Gasteiger partial charge in [-0.3, -0.25) is 0 Å². The van der Waals surface area contributed by atoms with Gasteiger partial charge in [-0.15, -0.1) is 16.7 Å². The predicted octanol–water partition coefficient (Wildman–Crippen LogP) is 3.18. The Morgan fingerprint density at radius 3 is 2.31 bits per heavy atom. The van der Waals surface area contributed by atoms with Gasteiger partial charge in [0.05, 0.1) is 17.3 Å². The number of aryl methyl sites for hydroxylation is 2. The highest BCUT2D eigenvalue weighted by molar-refractivity contribution is 6.20. The number of halogens is 1. The summed E-state index contributed by atoms with van der Waals surface area (Å²) in [7, 11) is 0. The molecule has 0 saturated heterocycles. The molecule has 1 aromatic carbocycles. The van der Waals surface area contributed by atoms with Gasteiger partial charge in [0.15, 0.2) is 0 Å². The first-order valence-electron chi connectivity index (χ1n) is 5.21. The minimum Gasteiger partial charge on any atom is -0.220 e. The van der Waals surface area contributed by atoms with Gasteiger partial charge in [-0.2, -0.15) is 0 Å². The van der Waals surface area contributed by atoms with E-state index in [-0.39, 0.29) is 5.38 Å². The van der Waals surface area contributed by atoms with Crippen molar-refractivity contribution in [1.82, 2.24) is 15.0 Å². The highest BCUT2D eigenvalue weighted by Crippen LogP contribution is 2.18. The van der Waals surface area contributed by atoms with E-state index in [0.717, 1.165) is 11.4 Å². The lowest BCUT2D eigenvalue weighted by molar-refractivity contribution is 0.795. The molecule has 0 saturated carbocycles. The second-order valence-electron chi connectivity index (χ2n) is 4.05. The summed E-state index contributed by atoms with van der Waals surface area (Å²) in [6, 6.07) is 6.28. The average Bonchev–Trinajstić information content (AvgIpc) is 2.64. The van der Waals surface area contributed by atoms with Crippen molar-refractivity contribution in [2.24, 2.45) is 0 Å². The number of hydrogen-bond acceptors (Lipinski definition) is 2. The van der Waals surface area contributed by atoms with Gasteiger partial charge in [0, 0.05) is 0 Å². The quantitative estimate of drug-likeness (QED) is 0.749. The van der Waals surface area contributed by atoms with E-state index in [0.29, 0.717) is 0 Å². The molecule has 0 amide bonds. The third kappa shape index (κ3) is 2.25. The largest absolute Gasteiger partial charge is 0.220 e. The Hall–Kier alpha value is -1.35. The number of rotatable bonds is 2. The molecule has 1 atom stereocenters. The Bertz CT molecular complexity index is 482. The van der Waals surface area contributed by atoms with Crippen LogP contribution in [-0.2, 0) is 0 Å². The number of nitrogens with zero attached hydrogens (tertiary/aromatic N) is 3. The lowest BCUT2D eigenvalue weighted by atomic mass is 10.1. The Morgan fingerprint density at radius 2 is 1.81 bits per heavy atom. The maximum atomic E-state index is 5.95. The molecule has 3 nitrogen and oxygen atoms in total. The Kier molecular flexibility index (Phi) is 2.97. The predicted molar refractivity (Wildman–Crippen MR) is 65.1 cm³/mol. The zero-order chi connectivity index (χ0) is 11.7. The molecule has 0 aliphatic heterocycles. The first kappa shape index (κ1) is 11.1. The average molecular weight is 236 g/mol. The summed E-state index contributed by atoms with van der Waals surface area (Å²) in [6.07, 6.45) is 1.87. The van der Waals surface area contributed by atoms with Crippen LogP contribution in [0.5, 0.6) is 0 Å². The Morgan fingerprint density at radius 1 is 1.19 bits per heavy atom. The van der Waals surface area contributed by atoms with Gasteiger partial charge in [-0.1, -0.05) is 11.3 Å². The minimum absolute atomic E-state index is 0.111. The molecule has 0 aliphatic rings. The van der Waals surface area contributed by atoms with E-state index in [9.17, 15) is 0 Å². The third-order valence-electron chi connectivity index (χ3n) is 2.39. The van der Waals surface area contributed by atoms with Crippen molar-refractivity contribution < 1.29 is 0 Å². The smallest absolute Gasteiger partial charge is 0.101 e. The molecular weight excluding hydrogens is 222 g/mol. The van der Waals surface area contributed by atoms with Crippen molar-refractivity contribution in [2.45, 2.75) is 26.1 Å². The van der Waals surface area contributed by atoms with Crippen LogP contribution >= 0.6 is 11.6 Å². The molecule has 0 bridgehead atoms. The van der Waals surface area contributed by atoms with Crippen LogP contribution in [0.2, 0.25) is 0 Å². The monoisotopic (exact) mass is 235 g/mol. The first-order valence-corrected chi connectivity index (χ1v) is 5.65. The van der Waals surface area contributed by atoms with Gasteiger partial charge in [0.1, 0.15) is 5.69 Å². The van der Waals surface area contributed by atoms with Crippen molar-refractivity contribution >= 4 is 11.6 Å². The van der Waals surface area contributed by atoms with Gasteiger partial charge in [-0.05, 0) is 44.0 Å². The first-order chi connectivity index (χ1) is 7.56. The Balaban J connectivity index is 2.42. The summed E-state index contributed by atoms with van der Waals surface area (Å²) in [5.74, 6) is 0. The van der Waals surface area contributed by atoms with Crippen LogP contribution in [0.15, 0.2) is 24.4 Å². The van der Waals surface area contributed by atoms with Crippen LogP contribution in [0.25, 0.3) is 5.69 Å². The maximum Gasteiger partial charge on any atom is 0.101 e. The summed E-state index contributed by atoms with van der Waals surface area (Å²) in [4.78, 5) is 0. The van der Waals surface area contributed by atoms with E-state index >= 15 is 0 Å². The molecule has 0 spiro atoms. The molecule has 2 aromatic rings. The molecule has 0 aliphatic carbocycles. The van der Waals surface area contributed by atoms with E-state index in [1.165, 1.54) is 11.1 Å². The van der Waals surface area contributed by atoms with Crippen LogP contribution in [0, 0.1) is 13.8 Å². The highest BCUT2D eigenvalue weighted by atomic mass is 35.5. The molecular formula is C12H14ClN3. The van der Waals surface area contributed by atoms with Crippen molar-refractivity contribution in [3.8, 4) is 5.69 Å². The van der Waals surface area contributed by atoms with Crippen LogP contribution in [-0.4, -0.2) is 15.0 Å². The van der Waals surface area contributed by atoms with E-state index in [2.05, 4.69) is 42.4 Å². The second-order valence-corrected chi connectivity index (χ2v) is 4.70. The zero-order valence-corrected chi connectivity index (χ0v) is 10.4. The fourth-order valence-electron chi connectivity index (χ4n) is 1.67. The lowest BCUT2D eigenvalue weighted by Crippen LogP contribution is -1.96. The fraction of sp³-hybridized carbons (Fsp3) is 0.333. The Labute approximate surface area is 100 Å². The molecule has 1 unspecified atom stereocenters. The number of aromatic nitrogens is 3. The standard InChI is InChI=1S/C12H14ClN3/c1-8-4-9(2)6-11(5-8)16-7-12(10(3)13)14-15-16/h4-7,10H,1-3H3. The summed E-state index contributed by atoms with van der Waals surface area (Å²) in [5, 5.41) is 7.99. The lowest BCUT2D eigenvalue weighted by Gasteiger charge is -2.03. The number of alkyl halides is 1. The van der Waals surface area contributed by atoms with Crippen molar-refractivity contribution in [1.29, 1.82) is 0 Å². The topological polar surface area (TPSA) is 30.7 Å². The molecule has 4 heteroatoms. The van der Waals surface area contributed by atoms with Crippen molar-refractivity contribution in [3.05, 3.63) is 41.2 Å². The van der Waals surface area contributed by atoms with Gasteiger partial charge >= 0.3 is 0 Å². The molecule has 1 heterocycles. The second kappa shape index (κ2) is 4.26. The fourth-order valence-corrected chi connectivity index (χ4v) is 1.77.